The number of ether oxygens (including phenoxy) is 1. The summed E-state index contributed by atoms with van der Waals surface area (Å²) in [5, 5.41) is 5.67. The zero-order chi connectivity index (χ0) is 26.2. The third kappa shape index (κ3) is 5.29. The monoisotopic (exact) mass is 530 g/mol. The minimum Gasteiger partial charge on any atom is -0.465 e. The van der Waals surface area contributed by atoms with E-state index in [1.165, 1.54) is 23.1 Å². The second-order valence-electron chi connectivity index (χ2n) is 10.2. The molecule has 0 radical (unpaired) electrons. The first-order chi connectivity index (χ1) is 17.0. The number of aromatic nitrogens is 2. The van der Waals surface area contributed by atoms with Crippen LogP contribution >= 0.6 is 23.1 Å². The second kappa shape index (κ2) is 10.3. The maximum atomic E-state index is 13.2. The molecule has 8 nitrogen and oxygen atoms in total. The molecule has 192 valence electrons. The first-order valence-corrected chi connectivity index (χ1v) is 13.6. The number of carbonyl (C=O) groups is 2. The fraction of sp³-hybridized carbons (Fsp3) is 0.462. The van der Waals surface area contributed by atoms with Crippen molar-refractivity contribution in [1.29, 1.82) is 0 Å². The molecule has 2 unspecified atom stereocenters. The lowest BCUT2D eigenvalue weighted by Gasteiger charge is -2.33. The third-order valence-electron chi connectivity index (χ3n) is 6.67. The number of rotatable bonds is 6. The Morgan fingerprint density at radius 2 is 1.97 bits per heavy atom. The highest BCUT2D eigenvalue weighted by Crippen LogP contribution is 2.44. The highest BCUT2D eigenvalue weighted by atomic mass is 32.2. The number of nitrogens with one attached hydrogen (secondary N) is 2. The van der Waals surface area contributed by atoms with Gasteiger partial charge in [0.15, 0.2) is 0 Å². The molecule has 3 aromatic rings. The fourth-order valence-electron chi connectivity index (χ4n) is 4.39. The number of hydrogen-bond acceptors (Lipinski definition) is 7. The third-order valence-corrected chi connectivity index (χ3v) is 8.98. The molecule has 1 amide bonds. The Balaban J connectivity index is 1.57. The van der Waals surface area contributed by atoms with Gasteiger partial charge < -0.3 is 10.1 Å². The van der Waals surface area contributed by atoms with Gasteiger partial charge in [-0.25, -0.2) is 9.59 Å². The van der Waals surface area contributed by atoms with Crippen molar-refractivity contribution in [3.8, 4) is 5.69 Å². The first kappa shape index (κ1) is 26.2. The Kier molecular flexibility index (Phi) is 7.47. The summed E-state index contributed by atoms with van der Waals surface area (Å²) in [5.74, 6) is -0.259. The van der Waals surface area contributed by atoms with E-state index >= 15 is 0 Å². The lowest BCUT2D eigenvalue weighted by molar-refractivity contribution is -0.704. The van der Waals surface area contributed by atoms with E-state index in [2.05, 4.69) is 31.4 Å². The highest BCUT2D eigenvalue weighted by molar-refractivity contribution is 8.00. The van der Waals surface area contributed by atoms with Crippen LogP contribution in [0.3, 0.4) is 0 Å². The van der Waals surface area contributed by atoms with E-state index in [1.807, 2.05) is 31.2 Å². The lowest BCUT2D eigenvalue weighted by Crippen LogP contribution is -2.37. The van der Waals surface area contributed by atoms with Crippen LogP contribution in [0.1, 0.15) is 60.5 Å². The van der Waals surface area contributed by atoms with Gasteiger partial charge in [-0.3, -0.25) is 9.32 Å². The average molecular weight is 531 g/mol. The summed E-state index contributed by atoms with van der Waals surface area (Å²) in [4.78, 5) is 39.4. The summed E-state index contributed by atoms with van der Waals surface area (Å²) in [6.07, 6.45) is 2.63. The number of thiophene rings is 1. The number of hydrogen-bond donors (Lipinski definition) is 2. The highest BCUT2D eigenvalue weighted by Gasteiger charge is 2.35. The minimum absolute atomic E-state index is 0.159. The van der Waals surface area contributed by atoms with Crippen molar-refractivity contribution >= 4 is 40.0 Å². The molecule has 1 aromatic carbocycles. The van der Waals surface area contributed by atoms with Gasteiger partial charge in [-0.1, -0.05) is 38.5 Å². The van der Waals surface area contributed by atoms with E-state index in [9.17, 15) is 14.4 Å². The van der Waals surface area contributed by atoms with Crippen LogP contribution in [0.4, 0.5) is 5.00 Å². The fourth-order valence-corrected chi connectivity index (χ4v) is 6.60. The van der Waals surface area contributed by atoms with E-state index in [1.54, 1.807) is 6.92 Å². The van der Waals surface area contributed by atoms with Crippen molar-refractivity contribution in [2.45, 2.75) is 64.2 Å². The number of benzene rings is 1. The van der Waals surface area contributed by atoms with Gasteiger partial charge in [0.2, 0.25) is 11.6 Å². The van der Waals surface area contributed by atoms with Gasteiger partial charge in [-0.15, -0.1) is 11.3 Å². The molecule has 0 saturated carbocycles. The van der Waals surface area contributed by atoms with Crippen LogP contribution < -0.4 is 15.6 Å². The Hall–Kier alpha value is -2.85. The number of esters is 1. The van der Waals surface area contributed by atoms with Crippen LogP contribution in [0.5, 0.6) is 0 Å². The molecule has 36 heavy (non-hydrogen) atoms. The number of anilines is 1. The largest absolute Gasteiger partial charge is 0.465 e. The van der Waals surface area contributed by atoms with Crippen molar-refractivity contribution in [3.05, 3.63) is 56.3 Å². The van der Waals surface area contributed by atoms with Crippen LogP contribution in [0.25, 0.3) is 5.69 Å². The Bertz CT molecular complexity index is 1330. The summed E-state index contributed by atoms with van der Waals surface area (Å²) in [6, 6.07) is 7.57. The number of methoxy groups -OCH3 is 1. The molecule has 2 aromatic heterocycles. The van der Waals surface area contributed by atoms with Crippen molar-refractivity contribution in [3.63, 3.8) is 0 Å². The molecule has 10 heteroatoms. The van der Waals surface area contributed by atoms with E-state index < -0.39 is 16.8 Å². The zero-order valence-electron chi connectivity index (χ0n) is 21.4. The van der Waals surface area contributed by atoms with Crippen molar-refractivity contribution < 1.29 is 23.5 Å². The molecule has 1 aliphatic rings. The van der Waals surface area contributed by atoms with Crippen LogP contribution in [0.2, 0.25) is 0 Å². The molecule has 4 rings (SSSR count). The molecule has 2 atom stereocenters. The standard InChI is InChI=1S/C26H31N3O5S2/c1-14-7-10-17(11-8-14)29-23(25(32)34-28-29)35-15(2)21(30)27-22-20(24(31)33-6)18-12-9-16(26(3,4)5)13-19(18)36-22/h7-8,10-11,15-16H,9,12-13H2,1-6H3,(H-,27,28,30,31,32)/p+1. The van der Waals surface area contributed by atoms with E-state index in [0.29, 0.717) is 22.2 Å². The lowest BCUT2D eigenvalue weighted by atomic mass is 9.72. The maximum absolute atomic E-state index is 13.2. The predicted octanol–water partition coefficient (Wildman–Crippen LogP) is 4.67. The Labute approximate surface area is 218 Å². The number of aryl methyl sites for hydroxylation is 1. The van der Waals surface area contributed by atoms with Gasteiger partial charge in [0.1, 0.15) is 5.00 Å². The summed E-state index contributed by atoms with van der Waals surface area (Å²) in [6.45, 7) is 10.4. The van der Waals surface area contributed by atoms with Crippen LogP contribution in [0.15, 0.2) is 38.6 Å². The van der Waals surface area contributed by atoms with Gasteiger partial charge in [0.05, 0.1) is 17.9 Å². The smallest absolute Gasteiger partial charge is 0.442 e. The number of fused-ring (bicyclic) bond motifs is 1. The number of nitrogens with zero attached hydrogens (tertiary/aromatic N) is 1. The summed E-state index contributed by atoms with van der Waals surface area (Å²) < 4.78 is 11.6. The number of H-pyrrole nitrogens is 1. The van der Waals surface area contributed by atoms with Crippen molar-refractivity contribution in [2.24, 2.45) is 11.3 Å². The predicted molar refractivity (Wildman–Crippen MR) is 140 cm³/mol. The molecule has 0 fully saturated rings. The van der Waals surface area contributed by atoms with Crippen LogP contribution in [-0.4, -0.2) is 29.5 Å². The molecular weight excluding hydrogens is 498 g/mol. The first-order valence-electron chi connectivity index (χ1n) is 11.9. The Morgan fingerprint density at radius 3 is 2.61 bits per heavy atom. The minimum atomic E-state index is -0.632. The molecule has 0 aliphatic heterocycles. The SMILES string of the molecule is COC(=O)c1c(NC(=O)C(C)Sc2c(=O)o[nH][n+]2-c2ccc(C)cc2)sc2c1CCC(C(C)(C)C)C2. The molecule has 1 aliphatic carbocycles. The summed E-state index contributed by atoms with van der Waals surface area (Å²) in [7, 11) is 1.35. The van der Waals surface area contributed by atoms with Gasteiger partial charge >= 0.3 is 16.6 Å². The number of aromatic amines is 1. The maximum Gasteiger partial charge on any atom is 0.442 e. The molecule has 0 bridgehead atoms. The van der Waals surface area contributed by atoms with E-state index in [0.717, 1.165) is 47.0 Å². The summed E-state index contributed by atoms with van der Waals surface area (Å²) >= 11 is 2.54. The zero-order valence-corrected chi connectivity index (χ0v) is 23.0. The van der Waals surface area contributed by atoms with E-state index in [-0.39, 0.29) is 16.3 Å². The summed E-state index contributed by atoms with van der Waals surface area (Å²) in [5.41, 5.74) is 2.83. The molecule has 2 N–H and O–H groups in total. The van der Waals surface area contributed by atoms with Crippen molar-refractivity contribution in [2.75, 3.05) is 12.4 Å². The average Bonchev–Trinajstić information content (AvgIpc) is 3.37. The molecule has 2 heterocycles. The van der Waals surface area contributed by atoms with Gasteiger partial charge in [0, 0.05) is 17.0 Å². The number of carbonyl (C=O) groups excluding carboxylic acids is 2. The quantitative estimate of drug-likeness (QED) is 0.273. The number of thioether (sulfide) groups is 1. The normalized spacial score (nSPS) is 16.3. The second-order valence-corrected chi connectivity index (χ2v) is 12.6. The number of amides is 1. The Morgan fingerprint density at radius 1 is 1.28 bits per heavy atom. The van der Waals surface area contributed by atoms with Crippen molar-refractivity contribution in [1.82, 2.24) is 5.27 Å². The van der Waals surface area contributed by atoms with Crippen LogP contribution in [-0.2, 0) is 22.4 Å². The topological polar surface area (TPSA) is 105 Å². The molecular formula is C26H32N3O5S2+. The van der Waals surface area contributed by atoms with Crippen LogP contribution in [0, 0.1) is 18.3 Å². The van der Waals surface area contributed by atoms with Gasteiger partial charge in [-0.2, -0.15) is 0 Å². The van der Waals surface area contributed by atoms with E-state index in [4.69, 9.17) is 9.26 Å². The van der Waals surface area contributed by atoms with Gasteiger partial charge in [-0.05, 0) is 71.7 Å². The van der Waals surface area contributed by atoms with Gasteiger partial charge in [0.25, 0.3) is 0 Å². The molecule has 0 saturated heterocycles. The molecule has 0 spiro atoms.